The summed E-state index contributed by atoms with van der Waals surface area (Å²) < 4.78 is 28.0. The van der Waals surface area contributed by atoms with Gasteiger partial charge >= 0.3 is 0 Å². The molecule has 0 atom stereocenters. The van der Waals surface area contributed by atoms with Gasteiger partial charge in [-0.2, -0.15) is 17.0 Å². The lowest BCUT2D eigenvalue weighted by molar-refractivity contribution is 0.316. The minimum absolute atomic E-state index is 0.0398. The van der Waals surface area contributed by atoms with Gasteiger partial charge in [0.25, 0.3) is 10.2 Å². The average Bonchev–Trinajstić information content (AvgIpc) is 2.53. The zero-order valence-corrected chi connectivity index (χ0v) is 12.3. The maximum Gasteiger partial charge on any atom is 0.282 e. The van der Waals surface area contributed by atoms with Crippen molar-refractivity contribution in [2.45, 2.75) is 45.6 Å². The molecule has 0 aromatic rings. The summed E-state index contributed by atoms with van der Waals surface area (Å²) in [7, 11) is -3.33. The fraction of sp³-hybridized carbons (Fsp3) is 1.00. The van der Waals surface area contributed by atoms with Gasteiger partial charge in [-0.05, 0) is 26.7 Å². The lowest BCUT2D eigenvalue weighted by atomic mass is 10.2. The molecule has 0 aliphatic carbocycles. The summed E-state index contributed by atoms with van der Waals surface area (Å²) in [6.45, 7) is 5.46. The van der Waals surface area contributed by atoms with Crippen LogP contribution < -0.4 is 0 Å². The molecule has 0 amide bonds. The average molecular weight is 283 g/mol. The standard InChI is InChI=1S/C11H23ClN2O2S/c1-11(2)14(10-7-12)17(15,16)13-8-5-3-4-6-9-13/h11H,3-10H2,1-2H3. The van der Waals surface area contributed by atoms with Gasteiger partial charge in [0.05, 0.1) is 0 Å². The molecule has 6 heteroatoms. The van der Waals surface area contributed by atoms with Crippen molar-refractivity contribution in [3.63, 3.8) is 0 Å². The third-order valence-electron chi connectivity index (χ3n) is 3.07. The number of nitrogens with zero attached hydrogens (tertiary/aromatic N) is 2. The van der Waals surface area contributed by atoms with Crippen LogP contribution in [-0.4, -0.2) is 48.6 Å². The van der Waals surface area contributed by atoms with Gasteiger partial charge < -0.3 is 0 Å². The van der Waals surface area contributed by atoms with Gasteiger partial charge in [-0.25, -0.2) is 0 Å². The smallest absolute Gasteiger partial charge is 0.195 e. The van der Waals surface area contributed by atoms with E-state index in [4.69, 9.17) is 11.6 Å². The first-order chi connectivity index (χ1) is 8.00. The van der Waals surface area contributed by atoms with Gasteiger partial charge in [0, 0.05) is 31.6 Å². The van der Waals surface area contributed by atoms with Gasteiger partial charge in [-0.15, -0.1) is 11.6 Å². The predicted molar refractivity (Wildman–Crippen MR) is 71.5 cm³/mol. The Morgan fingerprint density at radius 3 is 2.12 bits per heavy atom. The van der Waals surface area contributed by atoms with E-state index in [-0.39, 0.29) is 6.04 Å². The van der Waals surface area contributed by atoms with Crippen molar-refractivity contribution in [1.29, 1.82) is 0 Å². The van der Waals surface area contributed by atoms with Crippen LogP contribution in [0.15, 0.2) is 0 Å². The van der Waals surface area contributed by atoms with Crippen molar-refractivity contribution >= 4 is 21.8 Å². The molecule has 0 spiro atoms. The quantitative estimate of drug-likeness (QED) is 0.724. The first-order valence-corrected chi connectivity index (χ1v) is 8.26. The maximum absolute atomic E-state index is 12.5. The lowest BCUT2D eigenvalue weighted by Gasteiger charge is -2.31. The topological polar surface area (TPSA) is 40.6 Å². The molecule has 1 fully saturated rings. The van der Waals surface area contributed by atoms with E-state index >= 15 is 0 Å². The van der Waals surface area contributed by atoms with Crippen LogP contribution in [0.2, 0.25) is 0 Å². The van der Waals surface area contributed by atoms with Gasteiger partial charge in [-0.1, -0.05) is 12.8 Å². The molecular weight excluding hydrogens is 260 g/mol. The zero-order valence-electron chi connectivity index (χ0n) is 10.7. The fourth-order valence-corrected chi connectivity index (χ4v) is 4.30. The minimum atomic E-state index is -3.33. The summed E-state index contributed by atoms with van der Waals surface area (Å²) in [6, 6.07) is -0.0398. The van der Waals surface area contributed by atoms with Crippen LogP contribution in [0.25, 0.3) is 0 Å². The Bertz CT molecular complexity index is 311. The van der Waals surface area contributed by atoms with E-state index in [1.165, 1.54) is 4.31 Å². The molecule has 102 valence electrons. The Kier molecular flexibility index (Phi) is 6.20. The highest BCUT2D eigenvalue weighted by atomic mass is 35.5. The second-order valence-electron chi connectivity index (χ2n) is 4.71. The van der Waals surface area contributed by atoms with E-state index < -0.39 is 10.2 Å². The largest absolute Gasteiger partial charge is 0.282 e. The van der Waals surface area contributed by atoms with E-state index in [0.29, 0.717) is 25.5 Å². The van der Waals surface area contributed by atoms with Crippen LogP contribution in [0, 0.1) is 0 Å². The minimum Gasteiger partial charge on any atom is -0.195 e. The molecule has 4 nitrogen and oxygen atoms in total. The fourth-order valence-electron chi connectivity index (χ4n) is 2.14. The molecule has 0 N–H and O–H groups in total. The van der Waals surface area contributed by atoms with E-state index in [9.17, 15) is 8.42 Å². The Balaban J connectivity index is 2.81. The van der Waals surface area contributed by atoms with Crippen molar-refractivity contribution in [3.8, 4) is 0 Å². The normalized spacial score (nSPS) is 19.8. The molecule has 1 heterocycles. The number of hydrogen-bond acceptors (Lipinski definition) is 2. The Hall–Kier alpha value is 0.160. The first kappa shape index (κ1) is 15.2. The molecule has 17 heavy (non-hydrogen) atoms. The van der Waals surface area contributed by atoms with Crippen molar-refractivity contribution in [2.24, 2.45) is 0 Å². The number of rotatable bonds is 5. The Morgan fingerprint density at radius 2 is 1.71 bits per heavy atom. The third kappa shape index (κ3) is 4.09. The molecule has 0 saturated carbocycles. The summed E-state index contributed by atoms with van der Waals surface area (Å²) in [5.41, 5.74) is 0. The summed E-state index contributed by atoms with van der Waals surface area (Å²) >= 11 is 5.69. The van der Waals surface area contributed by atoms with Crippen molar-refractivity contribution in [2.75, 3.05) is 25.5 Å². The molecule has 0 aromatic carbocycles. The highest BCUT2D eigenvalue weighted by Crippen LogP contribution is 2.18. The SMILES string of the molecule is CC(C)N(CCCl)S(=O)(=O)N1CCCCCC1. The predicted octanol–water partition coefficient (Wildman–Crippen LogP) is 2.06. The van der Waals surface area contributed by atoms with Gasteiger partial charge in [0.15, 0.2) is 0 Å². The van der Waals surface area contributed by atoms with E-state index in [1.807, 2.05) is 13.8 Å². The van der Waals surface area contributed by atoms with Crippen LogP contribution in [0.3, 0.4) is 0 Å². The Labute approximate surface area is 110 Å². The van der Waals surface area contributed by atoms with Crippen LogP contribution in [0.1, 0.15) is 39.5 Å². The first-order valence-electron chi connectivity index (χ1n) is 6.33. The molecule has 0 bridgehead atoms. The molecule has 1 saturated heterocycles. The Morgan fingerprint density at radius 1 is 1.18 bits per heavy atom. The summed E-state index contributed by atoms with van der Waals surface area (Å²) in [4.78, 5) is 0. The van der Waals surface area contributed by atoms with Crippen LogP contribution in [-0.2, 0) is 10.2 Å². The number of halogens is 1. The van der Waals surface area contributed by atoms with Crippen molar-refractivity contribution < 1.29 is 8.42 Å². The number of alkyl halides is 1. The highest BCUT2D eigenvalue weighted by molar-refractivity contribution is 7.86. The van der Waals surface area contributed by atoms with Gasteiger partial charge in [0.2, 0.25) is 0 Å². The third-order valence-corrected chi connectivity index (χ3v) is 5.45. The molecule has 1 aliphatic heterocycles. The molecular formula is C11H23ClN2O2S. The van der Waals surface area contributed by atoms with E-state index in [1.54, 1.807) is 4.31 Å². The molecule has 0 radical (unpaired) electrons. The van der Waals surface area contributed by atoms with E-state index in [0.717, 1.165) is 25.7 Å². The van der Waals surface area contributed by atoms with Crippen molar-refractivity contribution in [1.82, 2.24) is 8.61 Å². The summed E-state index contributed by atoms with van der Waals surface area (Å²) in [6.07, 6.45) is 4.19. The monoisotopic (exact) mass is 282 g/mol. The molecule has 0 aromatic heterocycles. The lowest BCUT2D eigenvalue weighted by Crippen LogP contribution is -2.48. The van der Waals surface area contributed by atoms with Gasteiger partial charge in [-0.3, -0.25) is 0 Å². The second kappa shape index (κ2) is 6.92. The van der Waals surface area contributed by atoms with Crippen molar-refractivity contribution in [3.05, 3.63) is 0 Å². The molecule has 1 rings (SSSR count). The highest BCUT2D eigenvalue weighted by Gasteiger charge is 2.31. The van der Waals surface area contributed by atoms with Crippen LogP contribution in [0.4, 0.5) is 0 Å². The summed E-state index contributed by atoms with van der Waals surface area (Å²) in [5, 5.41) is 0. The summed E-state index contributed by atoms with van der Waals surface area (Å²) in [5.74, 6) is 0.339. The second-order valence-corrected chi connectivity index (χ2v) is 6.97. The van der Waals surface area contributed by atoms with Gasteiger partial charge in [0.1, 0.15) is 0 Å². The van der Waals surface area contributed by atoms with Crippen LogP contribution >= 0.6 is 11.6 Å². The molecule has 1 aliphatic rings. The maximum atomic E-state index is 12.5. The molecule has 0 unspecified atom stereocenters. The number of hydrogen-bond donors (Lipinski definition) is 0. The zero-order chi connectivity index (χ0) is 12.9. The van der Waals surface area contributed by atoms with Crippen LogP contribution in [0.5, 0.6) is 0 Å². The van der Waals surface area contributed by atoms with E-state index in [2.05, 4.69) is 0 Å².